The maximum Gasteiger partial charge on any atom is 0.329 e. The third-order valence-electron chi connectivity index (χ3n) is 4.47. The van der Waals surface area contributed by atoms with Gasteiger partial charge in [-0.15, -0.1) is 0 Å². The molecule has 4 aromatic rings. The first-order chi connectivity index (χ1) is 12.9. The van der Waals surface area contributed by atoms with Crippen LogP contribution in [0.5, 0.6) is 0 Å². The van der Waals surface area contributed by atoms with Gasteiger partial charge in [0.1, 0.15) is 0 Å². The second-order valence-electron chi connectivity index (χ2n) is 6.42. The number of benzene rings is 1. The normalized spacial score (nSPS) is 11.4. The van der Waals surface area contributed by atoms with Gasteiger partial charge >= 0.3 is 5.69 Å². The first kappa shape index (κ1) is 17.3. The zero-order chi connectivity index (χ0) is 19.3. The van der Waals surface area contributed by atoms with E-state index in [0.29, 0.717) is 28.7 Å². The van der Waals surface area contributed by atoms with Crippen LogP contribution in [0.25, 0.3) is 17.1 Å². The van der Waals surface area contributed by atoms with Crippen LogP contribution in [0.3, 0.4) is 0 Å². The minimum atomic E-state index is -0.519. The summed E-state index contributed by atoms with van der Waals surface area (Å²) in [6, 6.07) is 9.32. The van der Waals surface area contributed by atoms with E-state index >= 15 is 0 Å². The lowest BCUT2D eigenvalue weighted by Crippen LogP contribution is -2.29. The van der Waals surface area contributed by atoms with E-state index in [1.807, 2.05) is 38.1 Å². The van der Waals surface area contributed by atoms with Crippen molar-refractivity contribution in [3.05, 3.63) is 73.1 Å². The third kappa shape index (κ3) is 2.78. The number of H-pyrrole nitrogens is 1. The van der Waals surface area contributed by atoms with Crippen molar-refractivity contribution < 1.29 is 0 Å². The predicted molar refractivity (Wildman–Crippen MR) is 103 cm³/mol. The SMILES string of the molecule is Cc1cc(C)n(-c2nc3c(c(=O)[nH]c(=O)n3C)n2Cc2ccccc2Cl)n1. The van der Waals surface area contributed by atoms with Gasteiger partial charge in [-0.1, -0.05) is 29.8 Å². The Bertz CT molecular complexity index is 1290. The Labute approximate surface area is 158 Å². The molecule has 0 aliphatic rings. The fourth-order valence-corrected chi connectivity index (χ4v) is 3.36. The van der Waals surface area contributed by atoms with Gasteiger partial charge in [-0.05, 0) is 31.5 Å². The molecule has 138 valence electrons. The van der Waals surface area contributed by atoms with Crippen LogP contribution in [-0.2, 0) is 13.6 Å². The largest absolute Gasteiger partial charge is 0.329 e. The number of imidazole rings is 1. The van der Waals surface area contributed by atoms with Crippen LogP contribution in [-0.4, -0.2) is 28.9 Å². The molecule has 0 bridgehead atoms. The minimum absolute atomic E-state index is 0.290. The second-order valence-corrected chi connectivity index (χ2v) is 6.83. The summed E-state index contributed by atoms with van der Waals surface area (Å²) >= 11 is 6.33. The Kier molecular flexibility index (Phi) is 4.00. The number of rotatable bonds is 3. The Morgan fingerprint density at radius 2 is 1.93 bits per heavy atom. The standard InChI is InChI=1S/C18H17ClN6O2/c1-10-8-11(2)25(22-10)17-20-15-14(16(26)21-18(27)23(15)3)24(17)9-12-6-4-5-7-13(12)19/h4-8H,9H2,1-3H3,(H,21,26,27). The van der Waals surface area contributed by atoms with E-state index in [-0.39, 0.29) is 0 Å². The molecule has 0 amide bonds. The quantitative estimate of drug-likeness (QED) is 0.584. The topological polar surface area (TPSA) is 90.5 Å². The minimum Gasteiger partial charge on any atom is -0.298 e. The molecule has 0 aliphatic heterocycles. The van der Waals surface area contributed by atoms with E-state index < -0.39 is 11.2 Å². The van der Waals surface area contributed by atoms with Crippen LogP contribution in [0, 0.1) is 13.8 Å². The molecule has 4 rings (SSSR count). The molecule has 0 aliphatic carbocycles. The summed E-state index contributed by atoms with van der Waals surface area (Å²) in [6.45, 7) is 4.10. The van der Waals surface area contributed by atoms with Crippen molar-refractivity contribution in [2.24, 2.45) is 7.05 Å². The van der Waals surface area contributed by atoms with Gasteiger partial charge in [-0.2, -0.15) is 10.1 Å². The lowest BCUT2D eigenvalue weighted by molar-refractivity contribution is 0.701. The molecule has 3 aromatic heterocycles. The van der Waals surface area contributed by atoms with E-state index in [9.17, 15) is 9.59 Å². The maximum atomic E-state index is 12.6. The number of halogens is 1. The molecule has 0 saturated heterocycles. The monoisotopic (exact) mass is 384 g/mol. The van der Waals surface area contributed by atoms with E-state index in [1.54, 1.807) is 22.4 Å². The number of aryl methyl sites for hydroxylation is 3. The number of hydrogen-bond donors (Lipinski definition) is 1. The first-order valence-electron chi connectivity index (χ1n) is 8.33. The Balaban J connectivity index is 2.08. The molecule has 1 aromatic carbocycles. The number of nitrogens with one attached hydrogen (secondary N) is 1. The van der Waals surface area contributed by atoms with Gasteiger partial charge in [0.05, 0.1) is 12.2 Å². The lowest BCUT2D eigenvalue weighted by atomic mass is 10.2. The summed E-state index contributed by atoms with van der Waals surface area (Å²) in [6.07, 6.45) is 0. The second kappa shape index (κ2) is 6.24. The highest BCUT2D eigenvalue weighted by atomic mass is 35.5. The molecule has 0 saturated carbocycles. The van der Waals surface area contributed by atoms with Crippen molar-refractivity contribution in [1.29, 1.82) is 0 Å². The number of hydrogen-bond acceptors (Lipinski definition) is 4. The van der Waals surface area contributed by atoms with Crippen LogP contribution in [0.4, 0.5) is 0 Å². The molecule has 1 N–H and O–H groups in total. The summed E-state index contributed by atoms with van der Waals surface area (Å²) < 4.78 is 4.71. The van der Waals surface area contributed by atoms with Crippen molar-refractivity contribution in [2.75, 3.05) is 0 Å². The van der Waals surface area contributed by atoms with Gasteiger partial charge in [0.25, 0.3) is 5.56 Å². The molecule has 3 heterocycles. The van der Waals surface area contributed by atoms with E-state index in [0.717, 1.165) is 17.0 Å². The van der Waals surface area contributed by atoms with E-state index in [4.69, 9.17) is 11.6 Å². The molecule has 8 nitrogen and oxygen atoms in total. The number of fused-ring (bicyclic) bond motifs is 1. The van der Waals surface area contributed by atoms with Crippen LogP contribution in [0.2, 0.25) is 5.02 Å². The molecule has 0 unspecified atom stereocenters. The fourth-order valence-electron chi connectivity index (χ4n) is 3.16. The highest BCUT2D eigenvalue weighted by molar-refractivity contribution is 6.31. The van der Waals surface area contributed by atoms with Crippen LogP contribution in [0.1, 0.15) is 17.0 Å². The molecule has 0 atom stereocenters. The summed E-state index contributed by atoms with van der Waals surface area (Å²) in [5, 5.41) is 5.07. The number of nitrogens with zero attached hydrogens (tertiary/aromatic N) is 5. The molecule has 0 fully saturated rings. The van der Waals surface area contributed by atoms with Crippen LogP contribution in [0.15, 0.2) is 39.9 Å². The Morgan fingerprint density at radius 3 is 2.59 bits per heavy atom. The average molecular weight is 385 g/mol. The van der Waals surface area contributed by atoms with Crippen molar-refractivity contribution in [3.63, 3.8) is 0 Å². The Morgan fingerprint density at radius 1 is 1.19 bits per heavy atom. The van der Waals surface area contributed by atoms with Crippen molar-refractivity contribution >= 4 is 22.8 Å². The summed E-state index contributed by atoms with van der Waals surface area (Å²) in [4.78, 5) is 31.5. The molecule has 0 spiro atoms. The number of aromatic nitrogens is 6. The predicted octanol–water partition coefficient (Wildman–Crippen LogP) is 1.93. The summed E-state index contributed by atoms with van der Waals surface area (Å²) in [5.74, 6) is 0.446. The molecule has 0 radical (unpaired) electrons. The fraction of sp³-hybridized carbons (Fsp3) is 0.222. The van der Waals surface area contributed by atoms with Crippen molar-refractivity contribution in [2.45, 2.75) is 20.4 Å². The third-order valence-corrected chi connectivity index (χ3v) is 4.84. The van der Waals surface area contributed by atoms with Gasteiger partial charge in [0.2, 0.25) is 5.95 Å². The van der Waals surface area contributed by atoms with Gasteiger partial charge in [-0.3, -0.25) is 18.9 Å². The van der Waals surface area contributed by atoms with Gasteiger partial charge in [0, 0.05) is 17.8 Å². The molecular formula is C18H17ClN6O2. The van der Waals surface area contributed by atoms with Crippen molar-refractivity contribution in [1.82, 2.24) is 28.9 Å². The zero-order valence-corrected chi connectivity index (χ0v) is 15.8. The maximum absolute atomic E-state index is 12.6. The summed E-state index contributed by atoms with van der Waals surface area (Å²) in [5.41, 5.74) is 2.08. The smallest absolute Gasteiger partial charge is 0.298 e. The zero-order valence-electron chi connectivity index (χ0n) is 15.0. The first-order valence-corrected chi connectivity index (χ1v) is 8.71. The van der Waals surface area contributed by atoms with E-state index in [2.05, 4.69) is 15.1 Å². The number of aromatic amines is 1. The Hall–Kier alpha value is -3.13. The molecular weight excluding hydrogens is 368 g/mol. The highest BCUT2D eigenvalue weighted by Gasteiger charge is 2.21. The summed E-state index contributed by atoms with van der Waals surface area (Å²) in [7, 11) is 1.57. The van der Waals surface area contributed by atoms with Crippen LogP contribution >= 0.6 is 11.6 Å². The molecule has 9 heteroatoms. The van der Waals surface area contributed by atoms with Crippen molar-refractivity contribution in [3.8, 4) is 5.95 Å². The lowest BCUT2D eigenvalue weighted by Gasteiger charge is -2.11. The van der Waals surface area contributed by atoms with E-state index in [1.165, 1.54) is 4.57 Å². The van der Waals surface area contributed by atoms with Gasteiger partial charge in [0.15, 0.2) is 11.2 Å². The highest BCUT2D eigenvalue weighted by Crippen LogP contribution is 2.22. The van der Waals surface area contributed by atoms with Crippen LogP contribution < -0.4 is 11.2 Å². The van der Waals surface area contributed by atoms with Gasteiger partial charge in [-0.25, -0.2) is 9.48 Å². The van der Waals surface area contributed by atoms with Gasteiger partial charge < -0.3 is 0 Å². The average Bonchev–Trinajstić information content (AvgIpc) is 3.15. The molecule has 27 heavy (non-hydrogen) atoms.